The lowest BCUT2D eigenvalue weighted by Crippen LogP contribution is -2.62. The molecule has 3 heterocycles. The van der Waals surface area contributed by atoms with E-state index in [0.717, 1.165) is 43.7 Å². The summed E-state index contributed by atoms with van der Waals surface area (Å²) in [5, 5.41) is 14.2. The number of pyridine rings is 1. The second kappa shape index (κ2) is 6.38. The summed E-state index contributed by atoms with van der Waals surface area (Å²) >= 11 is 0. The maximum Gasteiger partial charge on any atom is 0.258 e. The monoisotopic (exact) mass is 344 g/mol. The number of hydrogen-bond donors (Lipinski definition) is 1. The second-order valence-electron chi connectivity index (χ2n) is 6.97. The summed E-state index contributed by atoms with van der Waals surface area (Å²) in [6, 6.07) is 3.87. The number of rotatable bonds is 4. The van der Waals surface area contributed by atoms with Gasteiger partial charge >= 0.3 is 0 Å². The van der Waals surface area contributed by atoms with Crippen LogP contribution in [0.5, 0.6) is 0 Å². The Kier molecular flexibility index (Phi) is 4.21. The normalized spacial score (nSPS) is 25.2. The molecule has 1 aliphatic heterocycles. The molecule has 2 aromatic rings. The quantitative estimate of drug-likeness (QED) is 0.910. The standard InChI is InChI=1S/C18H24N4O3/c1-3-24-15-11-14(23)18(15)5-8-22(9-6-18)16-10-13(4-7-19-16)17-20-12(2)21-25-17/h4,7,10,14-15,23H,3,5-6,8-9,11H2,1-2H3/t14-,15+/m0/s1. The third kappa shape index (κ3) is 2.81. The van der Waals surface area contributed by atoms with E-state index in [2.05, 4.69) is 20.0 Å². The van der Waals surface area contributed by atoms with Gasteiger partial charge in [0.1, 0.15) is 5.82 Å². The number of hydrogen-bond acceptors (Lipinski definition) is 7. The number of aryl methyl sites for hydroxylation is 1. The number of aliphatic hydroxyl groups is 1. The van der Waals surface area contributed by atoms with Gasteiger partial charge in [-0.3, -0.25) is 0 Å². The molecular weight excluding hydrogens is 320 g/mol. The Labute approximate surface area is 147 Å². The van der Waals surface area contributed by atoms with Crippen molar-refractivity contribution in [2.75, 3.05) is 24.6 Å². The summed E-state index contributed by atoms with van der Waals surface area (Å²) in [6.07, 6.45) is 4.32. The summed E-state index contributed by atoms with van der Waals surface area (Å²) in [5.74, 6) is 2.04. The summed E-state index contributed by atoms with van der Waals surface area (Å²) in [5.41, 5.74) is 0.801. The van der Waals surface area contributed by atoms with Crippen molar-refractivity contribution in [1.29, 1.82) is 0 Å². The van der Waals surface area contributed by atoms with Gasteiger partial charge in [0, 0.05) is 43.3 Å². The number of piperidine rings is 1. The SMILES string of the molecule is CCO[C@@H]1C[C@H](O)C12CCN(c1cc(-c3nc(C)no3)ccn1)CC2. The van der Waals surface area contributed by atoms with Gasteiger partial charge in [-0.1, -0.05) is 5.16 Å². The van der Waals surface area contributed by atoms with E-state index >= 15 is 0 Å². The Morgan fingerprint density at radius 3 is 2.84 bits per heavy atom. The fourth-order valence-electron chi connectivity index (χ4n) is 4.11. The van der Waals surface area contributed by atoms with Gasteiger partial charge < -0.3 is 19.3 Å². The maximum absolute atomic E-state index is 10.3. The van der Waals surface area contributed by atoms with E-state index in [9.17, 15) is 5.11 Å². The van der Waals surface area contributed by atoms with Crippen LogP contribution >= 0.6 is 0 Å². The molecule has 7 heteroatoms. The first-order valence-electron chi connectivity index (χ1n) is 8.94. The smallest absolute Gasteiger partial charge is 0.258 e. The van der Waals surface area contributed by atoms with Gasteiger partial charge in [0.05, 0.1) is 12.2 Å². The van der Waals surface area contributed by atoms with E-state index in [1.54, 1.807) is 13.1 Å². The van der Waals surface area contributed by atoms with Crippen LogP contribution in [0.15, 0.2) is 22.9 Å². The van der Waals surface area contributed by atoms with Crippen molar-refractivity contribution in [1.82, 2.24) is 15.1 Å². The Balaban J connectivity index is 1.48. The number of nitrogens with zero attached hydrogens (tertiary/aromatic N) is 4. The molecule has 134 valence electrons. The van der Waals surface area contributed by atoms with Crippen LogP contribution in [0.25, 0.3) is 11.5 Å². The lowest BCUT2D eigenvalue weighted by atomic mass is 9.58. The molecule has 1 saturated carbocycles. The van der Waals surface area contributed by atoms with E-state index in [1.807, 2.05) is 19.1 Å². The van der Waals surface area contributed by atoms with Crippen LogP contribution in [-0.4, -0.2) is 52.1 Å². The summed E-state index contributed by atoms with van der Waals surface area (Å²) in [7, 11) is 0. The van der Waals surface area contributed by atoms with Crippen LogP contribution in [0.1, 0.15) is 32.0 Å². The first kappa shape index (κ1) is 16.5. The molecular formula is C18H24N4O3. The van der Waals surface area contributed by atoms with E-state index in [-0.39, 0.29) is 17.6 Å². The van der Waals surface area contributed by atoms with Crippen molar-refractivity contribution in [2.45, 2.75) is 45.3 Å². The molecule has 0 bridgehead atoms. The molecule has 1 N–H and O–H groups in total. The van der Waals surface area contributed by atoms with E-state index in [0.29, 0.717) is 18.3 Å². The van der Waals surface area contributed by atoms with Gasteiger partial charge in [0.15, 0.2) is 5.82 Å². The minimum absolute atomic E-state index is 0.0757. The van der Waals surface area contributed by atoms with Gasteiger partial charge in [-0.05, 0) is 38.8 Å². The molecule has 7 nitrogen and oxygen atoms in total. The van der Waals surface area contributed by atoms with Gasteiger partial charge in [0.2, 0.25) is 0 Å². The lowest BCUT2D eigenvalue weighted by Gasteiger charge is -2.56. The average Bonchev–Trinajstić information content (AvgIpc) is 3.08. The highest BCUT2D eigenvalue weighted by atomic mass is 16.5. The molecule has 1 spiro atoms. The highest BCUT2D eigenvalue weighted by Gasteiger charge is 2.56. The van der Waals surface area contributed by atoms with Gasteiger partial charge in [-0.2, -0.15) is 4.98 Å². The fraction of sp³-hybridized carbons (Fsp3) is 0.611. The Morgan fingerprint density at radius 2 is 2.20 bits per heavy atom. The zero-order valence-electron chi connectivity index (χ0n) is 14.7. The molecule has 0 unspecified atom stereocenters. The van der Waals surface area contributed by atoms with Crippen LogP contribution in [0.2, 0.25) is 0 Å². The number of ether oxygens (including phenoxy) is 1. The minimum Gasteiger partial charge on any atom is -0.392 e. The van der Waals surface area contributed by atoms with Crippen molar-refractivity contribution in [3.8, 4) is 11.5 Å². The first-order chi connectivity index (χ1) is 12.1. The van der Waals surface area contributed by atoms with Gasteiger partial charge in [0.25, 0.3) is 5.89 Å². The van der Waals surface area contributed by atoms with Crippen molar-refractivity contribution < 1.29 is 14.4 Å². The molecule has 2 aliphatic rings. The molecule has 4 rings (SSSR count). The van der Waals surface area contributed by atoms with Crippen LogP contribution in [0.3, 0.4) is 0 Å². The molecule has 2 atom stereocenters. The van der Waals surface area contributed by atoms with Crippen LogP contribution in [0, 0.1) is 12.3 Å². The van der Waals surface area contributed by atoms with Crippen LogP contribution in [-0.2, 0) is 4.74 Å². The van der Waals surface area contributed by atoms with Gasteiger partial charge in [-0.25, -0.2) is 4.98 Å². The van der Waals surface area contributed by atoms with Crippen LogP contribution in [0.4, 0.5) is 5.82 Å². The molecule has 0 aromatic carbocycles. The number of anilines is 1. The molecule has 25 heavy (non-hydrogen) atoms. The molecule has 1 aliphatic carbocycles. The number of aliphatic hydroxyl groups excluding tert-OH is 1. The third-order valence-electron chi connectivity index (χ3n) is 5.65. The third-order valence-corrected chi connectivity index (χ3v) is 5.65. The van der Waals surface area contributed by atoms with Crippen molar-refractivity contribution >= 4 is 5.82 Å². The molecule has 2 aromatic heterocycles. The predicted molar refractivity (Wildman–Crippen MR) is 92.2 cm³/mol. The highest BCUT2D eigenvalue weighted by Crippen LogP contribution is 2.51. The summed E-state index contributed by atoms with van der Waals surface area (Å²) < 4.78 is 11.1. The zero-order chi connectivity index (χ0) is 17.4. The highest BCUT2D eigenvalue weighted by molar-refractivity contribution is 5.58. The average molecular weight is 344 g/mol. The topological polar surface area (TPSA) is 84.5 Å². The molecule has 1 saturated heterocycles. The summed E-state index contributed by atoms with van der Waals surface area (Å²) in [6.45, 7) is 6.25. The largest absolute Gasteiger partial charge is 0.392 e. The number of aromatic nitrogens is 3. The Morgan fingerprint density at radius 1 is 1.40 bits per heavy atom. The second-order valence-corrected chi connectivity index (χ2v) is 6.97. The van der Waals surface area contributed by atoms with Crippen molar-refractivity contribution in [3.05, 3.63) is 24.2 Å². The Hall–Kier alpha value is -1.99. The minimum atomic E-state index is -0.244. The predicted octanol–water partition coefficient (Wildman–Crippen LogP) is 2.20. The van der Waals surface area contributed by atoms with E-state index < -0.39 is 0 Å². The van der Waals surface area contributed by atoms with Crippen molar-refractivity contribution in [3.63, 3.8) is 0 Å². The Bertz CT molecular complexity index is 737. The fourth-order valence-corrected chi connectivity index (χ4v) is 4.11. The van der Waals surface area contributed by atoms with Crippen LogP contribution < -0.4 is 4.90 Å². The molecule has 0 amide bonds. The van der Waals surface area contributed by atoms with E-state index in [1.165, 1.54) is 0 Å². The lowest BCUT2D eigenvalue weighted by molar-refractivity contribution is -0.199. The molecule has 2 fully saturated rings. The van der Waals surface area contributed by atoms with Crippen molar-refractivity contribution in [2.24, 2.45) is 5.41 Å². The van der Waals surface area contributed by atoms with Gasteiger partial charge in [-0.15, -0.1) is 0 Å². The summed E-state index contributed by atoms with van der Waals surface area (Å²) in [4.78, 5) is 11.0. The zero-order valence-corrected chi connectivity index (χ0v) is 14.7. The molecule has 0 radical (unpaired) electrons. The van der Waals surface area contributed by atoms with E-state index in [4.69, 9.17) is 9.26 Å². The first-order valence-corrected chi connectivity index (χ1v) is 8.94. The maximum atomic E-state index is 10.3.